The van der Waals surface area contributed by atoms with Gasteiger partial charge in [0.2, 0.25) is 0 Å². The number of ether oxygens (including phenoxy) is 2. The van der Waals surface area contributed by atoms with E-state index >= 15 is 0 Å². The molecular weight excluding hydrogens is 332 g/mol. The number of hydrogen-bond acceptors (Lipinski definition) is 3. The van der Waals surface area contributed by atoms with Gasteiger partial charge < -0.3 is 9.47 Å². The third-order valence-corrected chi connectivity index (χ3v) is 3.81. The maximum atomic E-state index is 12.1. The van der Waals surface area contributed by atoms with Crippen LogP contribution in [0.4, 0.5) is 0 Å². The smallest absolute Gasteiger partial charge is 0.174 e. The molecule has 108 valence electrons. The van der Waals surface area contributed by atoms with Crippen molar-refractivity contribution in [1.82, 2.24) is 0 Å². The van der Waals surface area contributed by atoms with Crippen LogP contribution in [0, 0.1) is 0 Å². The largest absolute Gasteiger partial charge is 0.493 e. The number of halogens is 1. The van der Waals surface area contributed by atoms with E-state index in [4.69, 9.17) is 9.47 Å². The van der Waals surface area contributed by atoms with Gasteiger partial charge in [-0.2, -0.15) is 0 Å². The van der Waals surface area contributed by atoms with Crippen molar-refractivity contribution in [3.8, 4) is 11.5 Å². The first kappa shape index (κ1) is 14.1. The van der Waals surface area contributed by atoms with Crippen molar-refractivity contribution in [3.63, 3.8) is 0 Å². The molecule has 0 aromatic heterocycles. The Labute approximate surface area is 132 Å². The fraction of sp³-hybridized carbons (Fsp3) is 0.235. The Bertz CT molecular complexity index is 653. The van der Waals surface area contributed by atoms with Crippen molar-refractivity contribution in [2.45, 2.75) is 12.8 Å². The summed E-state index contributed by atoms with van der Waals surface area (Å²) in [7, 11) is 0. The second kappa shape index (κ2) is 6.31. The number of ketones is 1. The Balaban J connectivity index is 1.65. The minimum absolute atomic E-state index is 0.0367. The van der Waals surface area contributed by atoms with E-state index in [2.05, 4.69) is 22.0 Å². The predicted octanol–water partition coefficient (Wildman–Crippen LogP) is 3.57. The van der Waals surface area contributed by atoms with Crippen molar-refractivity contribution in [2.24, 2.45) is 0 Å². The summed E-state index contributed by atoms with van der Waals surface area (Å²) >= 11 is 3.48. The molecule has 0 fully saturated rings. The van der Waals surface area contributed by atoms with Gasteiger partial charge in [-0.05, 0) is 29.8 Å². The van der Waals surface area contributed by atoms with Crippen molar-refractivity contribution in [2.75, 3.05) is 13.2 Å². The summed E-state index contributed by atoms with van der Waals surface area (Å²) in [5.74, 6) is 1.61. The van der Waals surface area contributed by atoms with E-state index in [1.54, 1.807) is 0 Å². The minimum Gasteiger partial charge on any atom is -0.493 e. The summed E-state index contributed by atoms with van der Waals surface area (Å²) in [6, 6.07) is 13.4. The van der Waals surface area contributed by atoms with E-state index in [1.165, 1.54) is 0 Å². The highest BCUT2D eigenvalue weighted by Crippen LogP contribution is 2.33. The summed E-state index contributed by atoms with van der Waals surface area (Å²) < 4.78 is 12.1. The highest BCUT2D eigenvalue weighted by Gasteiger charge is 2.19. The molecule has 3 nitrogen and oxygen atoms in total. The highest BCUT2D eigenvalue weighted by atomic mass is 79.9. The van der Waals surface area contributed by atoms with Crippen molar-refractivity contribution in [3.05, 3.63) is 58.1 Å². The molecule has 3 rings (SSSR count). The van der Waals surface area contributed by atoms with Gasteiger partial charge in [0, 0.05) is 22.9 Å². The number of Topliss-reactive ketones (excluding diaryl/α,β-unsaturated/α-hetero) is 1. The molecule has 0 bridgehead atoms. The maximum absolute atomic E-state index is 12.1. The van der Waals surface area contributed by atoms with Gasteiger partial charge in [-0.25, -0.2) is 0 Å². The van der Waals surface area contributed by atoms with E-state index in [0.717, 1.165) is 27.8 Å². The summed E-state index contributed by atoms with van der Waals surface area (Å²) in [4.78, 5) is 12.1. The zero-order valence-corrected chi connectivity index (χ0v) is 13.1. The highest BCUT2D eigenvalue weighted by molar-refractivity contribution is 9.10. The summed E-state index contributed by atoms with van der Waals surface area (Å²) in [5.41, 5.74) is 2.09. The minimum atomic E-state index is 0.0367. The molecule has 4 heteroatoms. The molecule has 21 heavy (non-hydrogen) atoms. The van der Waals surface area contributed by atoms with Crippen LogP contribution < -0.4 is 9.47 Å². The van der Waals surface area contributed by atoms with Gasteiger partial charge in [0.05, 0.1) is 6.61 Å². The number of carbonyl (C=O) groups is 1. The molecule has 2 aromatic carbocycles. The molecule has 0 aliphatic carbocycles. The molecule has 0 amide bonds. The van der Waals surface area contributed by atoms with Crippen LogP contribution in [0.3, 0.4) is 0 Å². The lowest BCUT2D eigenvalue weighted by molar-refractivity contribution is -0.120. The van der Waals surface area contributed by atoms with Crippen molar-refractivity contribution in [1.29, 1.82) is 0 Å². The second-order valence-electron chi connectivity index (χ2n) is 4.97. The lowest BCUT2D eigenvalue weighted by Crippen LogP contribution is -2.14. The van der Waals surface area contributed by atoms with E-state index in [1.807, 2.05) is 36.4 Å². The molecule has 0 saturated heterocycles. The first-order chi connectivity index (χ1) is 10.2. The van der Waals surface area contributed by atoms with E-state index in [-0.39, 0.29) is 12.4 Å². The lowest BCUT2D eigenvalue weighted by atomic mass is 10.0. The van der Waals surface area contributed by atoms with Crippen LogP contribution in [0.25, 0.3) is 0 Å². The third-order valence-electron chi connectivity index (χ3n) is 3.36. The number of carbonyl (C=O) groups excluding carboxylic acids is 1. The van der Waals surface area contributed by atoms with Gasteiger partial charge >= 0.3 is 0 Å². The summed E-state index contributed by atoms with van der Waals surface area (Å²) in [6.07, 6.45) is 1.23. The van der Waals surface area contributed by atoms with Crippen LogP contribution in [0.5, 0.6) is 11.5 Å². The first-order valence-corrected chi connectivity index (χ1v) is 7.65. The Hall–Kier alpha value is -1.81. The van der Waals surface area contributed by atoms with Crippen molar-refractivity contribution >= 4 is 21.7 Å². The normalized spacial score (nSPS) is 12.6. The molecular formula is C17H15BrO3. The van der Waals surface area contributed by atoms with E-state index in [9.17, 15) is 4.79 Å². The second-order valence-corrected chi connectivity index (χ2v) is 5.88. The molecule has 0 atom stereocenters. The maximum Gasteiger partial charge on any atom is 0.174 e. The average molecular weight is 347 g/mol. The predicted molar refractivity (Wildman–Crippen MR) is 84.0 cm³/mol. The first-order valence-electron chi connectivity index (χ1n) is 6.86. The van der Waals surface area contributed by atoms with Gasteiger partial charge in [-0.1, -0.05) is 34.1 Å². The van der Waals surface area contributed by atoms with Crippen LogP contribution in [0.1, 0.15) is 11.1 Å². The molecule has 0 saturated carbocycles. The molecule has 0 unspecified atom stereocenters. The number of para-hydroxylation sites is 1. The SMILES string of the molecule is O=C(COc1ccccc1)Cc1cc(Br)cc2c1OCC2. The number of hydrogen-bond donors (Lipinski definition) is 0. The van der Waals surface area contributed by atoms with E-state index in [0.29, 0.717) is 18.8 Å². The molecule has 1 aliphatic rings. The molecule has 0 N–H and O–H groups in total. The van der Waals surface area contributed by atoms with E-state index < -0.39 is 0 Å². The fourth-order valence-electron chi connectivity index (χ4n) is 2.42. The monoisotopic (exact) mass is 346 g/mol. The van der Waals surface area contributed by atoms with Gasteiger partial charge in [0.15, 0.2) is 5.78 Å². The Morgan fingerprint density at radius 1 is 1.24 bits per heavy atom. The third kappa shape index (κ3) is 3.45. The number of rotatable bonds is 5. The summed E-state index contributed by atoms with van der Waals surface area (Å²) in [6.45, 7) is 0.763. The van der Waals surface area contributed by atoms with Gasteiger partial charge in [0.1, 0.15) is 18.1 Å². The average Bonchev–Trinajstić information content (AvgIpc) is 2.94. The number of benzene rings is 2. The zero-order chi connectivity index (χ0) is 14.7. The van der Waals surface area contributed by atoms with Crippen LogP contribution >= 0.6 is 15.9 Å². The zero-order valence-electron chi connectivity index (χ0n) is 11.5. The van der Waals surface area contributed by atoms with Crippen LogP contribution in [-0.4, -0.2) is 19.0 Å². The van der Waals surface area contributed by atoms with Crippen LogP contribution in [0.15, 0.2) is 46.9 Å². The van der Waals surface area contributed by atoms with Gasteiger partial charge in [-0.15, -0.1) is 0 Å². The van der Waals surface area contributed by atoms with Crippen molar-refractivity contribution < 1.29 is 14.3 Å². The van der Waals surface area contributed by atoms with Crippen LogP contribution in [-0.2, 0) is 17.6 Å². The Morgan fingerprint density at radius 3 is 2.86 bits per heavy atom. The molecule has 2 aromatic rings. The lowest BCUT2D eigenvalue weighted by Gasteiger charge is -2.09. The summed E-state index contributed by atoms with van der Waals surface area (Å²) in [5, 5.41) is 0. The molecule has 1 heterocycles. The van der Waals surface area contributed by atoms with Gasteiger partial charge in [0.25, 0.3) is 0 Å². The van der Waals surface area contributed by atoms with Gasteiger partial charge in [-0.3, -0.25) is 4.79 Å². The Kier molecular flexibility index (Phi) is 4.25. The Morgan fingerprint density at radius 2 is 2.05 bits per heavy atom. The molecule has 0 spiro atoms. The van der Waals surface area contributed by atoms with Crippen LogP contribution in [0.2, 0.25) is 0 Å². The molecule has 1 aliphatic heterocycles. The standard InChI is InChI=1S/C17H15BrO3/c18-14-8-12-6-7-20-17(12)13(9-14)10-15(19)11-21-16-4-2-1-3-5-16/h1-5,8-9H,6-7,10-11H2. The molecule has 0 radical (unpaired) electrons. The fourth-order valence-corrected chi connectivity index (χ4v) is 2.97. The number of fused-ring (bicyclic) bond motifs is 1. The quantitative estimate of drug-likeness (QED) is 0.830. The topological polar surface area (TPSA) is 35.5 Å².